The van der Waals surface area contributed by atoms with Crippen LogP contribution in [-0.4, -0.2) is 27.4 Å². The predicted octanol–water partition coefficient (Wildman–Crippen LogP) is 5.07. The van der Waals surface area contributed by atoms with Gasteiger partial charge >= 0.3 is 10.0 Å². The topological polar surface area (TPSA) is 89.6 Å². The monoisotopic (exact) mass is 497 g/mol. The van der Waals surface area contributed by atoms with Crippen molar-refractivity contribution in [1.82, 2.24) is 8.69 Å². The van der Waals surface area contributed by atoms with Gasteiger partial charge in [-0.15, -0.1) is 0 Å². The zero-order valence-electron chi connectivity index (χ0n) is 19.2. The van der Waals surface area contributed by atoms with E-state index in [0.29, 0.717) is 23.9 Å². The molecular weight excluding hydrogens is 468 g/mol. The van der Waals surface area contributed by atoms with Crippen molar-refractivity contribution in [2.24, 2.45) is 0 Å². The molecule has 0 saturated heterocycles. The van der Waals surface area contributed by atoms with Gasteiger partial charge in [-0.3, -0.25) is 0 Å². The van der Waals surface area contributed by atoms with Gasteiger partial charge in [-0.25, -0.2) is 16.6 Å². The number of aromatic nitrogens is 1. The first-order chi connectivity index (χ1) is 16.2. The minimum atomic E-state index is -3.96. The first kappa shape index (κ1) is 24.2. The number of benzene rings is 3. The molecule has 6 nitrogen and oxygen atoms in total. The summed E-state index contributed by atoms with van der Waals surface area (Å²) in [6.45, 7) is 4.27. The summed E-state index contributed by atoms with van der Waals surface area (Å²) in [6, 6.07) is 23.4. The van der Waals surface area contributed by atoms with Crippen LogP contribution in [0.25, 0.3) is 10.9 Å². The molecule has 0 spiro atoms. The summed E-state index contributed by atoms with van der Waals surface area (Å²) in [7, 11) is -7.66. The molecule has 0 fully saturated rings. The van der Waals surface area contributed by atoms with Gasteiger partial charge in [0.05, 0.1) is 10.4 Å². The van der Waals surface area contributed by atoms with Gasteiger partial charge in [0.1, 0.15) is 0 Å². The molecule has 1 atom stereocenters. The van der Waals surface area contributed by atoms with Crippen LogP contribution in [0.1, 0.15) is 37.3 Å². The number of fused-ring (bicyclic) bond motifs is 1. The lowest BCUT2D eigenvalue weighted by Gasteiger charge is -2.10. The lowest BCUT2D eigenvalue weighted by atomic mass is 9.99. The molecule has 2 N–H and O–H groups in total. The third kappa shape index (κ3) is 4.80. The molecule has 8 heteroatoms. The number of rotatable bonds is 9. The van der Waals surface area contributed by atoms with Crippen LogP contribution in [0, 0.1) is 0 Å². The molecule has 4 aromatic rings. The lowest BCUT2D eigenvalue weighted by molar-refractivity contribution is 0.588. The summed E-state index contributed by atoms with van der Waals surface area (Å²) < 4.78 is 55.4. The van der Waals surface area contributed by atoms with Crippen molar-refractivity contribution in [3.8, 4) is 0 Å². The smallest absolute Gasteiger partial charge is 0.240 e. The molecule has 1 heterocycles. The van der Waals surface area contributed by atoms with Crippen molar-refractivity contribution in [3.05, 3.63) is 96.2 Å². The minimum absolute atomic E-state index is 0.0333. The molecular formula is C26H29N2O4S2+. The number of nitrogens with one attached hydrogen (secondary N) is 1. The molecule has 0 aliphatic rings. The Hall–Kier alpha value is -2.94. The van der Waals surface area contributed by atoms with Crippen molar-refractivity contribution in [2.45, 2.75) is 42.4 Å². The lowest BCUT2D eigenvalue weighted by Crippen LogP contribution is -2.25. The quantitative estimate of drug-likeness (QED) is 0.259. The SMILES string of the molecule is CC(C)c1cccc2c1c(S(=O)(=[OH+])NCCCc1ccccc1)cn2S(=O)(=O)c1ccccc1. The van der Waals surface area contributed by atoms with Gasteiger partial charge in [-0.05, 0) is 48.1 Å². The van der Waals surface area contributed by atoms with Gasteiger partial charge in [0.25, 0.3) is 10.0 Å². The molecule has 0 radical (unpaired) electrons. The largest absolute Gasteiger partial charge is 0.375 e. The molecule has 34 heavy (non-hydrogen) atoms. The zero-order chi connectivity index (χ0) is 24.3. The first-order valence-corrected chi connectivity index (χ1v) is 14.2. The number of hydrogen-bond acceptors (Lipinski definition) is 3. The van der Waals surface area contributed by atoms with E-state index in [2.05, 4.69) is 4.72 Å². The third-order valence-corrected chi connectivity index (χ3v) is 8.98. The summed E-state index contributed by atoms with van der Waals surface area (Å²) in [5.41, 5.74) is 2.36. The maximum absolute atomic E-state index is 13.5. The number of nitrogens with zero attached hydrogens (tertiary/aromatic N) is 1. The van der Waals surface area contributed by atoms with Crippen LogP contribution >= 0.6 is 0 Å². The standard InChI is InChI=1S/C26H28N2O4S2/c1-20(2)23-16-9-17-24-26(23)25(19-28(24)34(31,32)22-14-7-4-8-15-22)33(29,30)27-18-10-13-21-11-5-3-6-12-21/h3-9,11-12,14-17,19-20H,10,13,18H2,1-2H3,(H,27,29,30)/p+1. The van der Waals surface area contributed by atoms with Crippen LogP contribution in [0.3, 0.4) is 0 Å². The molecule has 0 amide bonds. The van der Waals surface area contributed by atoms with E-state index >= 15 is 0 Å². The van der Waals surface area contributed by atoms with Gasteiger partial charge in [0.2, 0.25) is 0 Å². The molecule has 3 aromatic carbocycles. The van der Waals surface area contributed by atoms with Crippen molar-refractivity contribution < 1.29 is 16.8 Å². The van der Waals surface area contributed by atoms with Crippen LogP contribution in [-0.2, 0) is 26.5 Å². The molecule has 4 rings (SSSR count). The fourth-order valence-electron chi connectivity index (χ4n) is 4.07. The zero-order valence-corrected chi connectivity index (χ0v) is 20.9. The molecule has 0 saturated carbocycles. The second-order valence-corrected chi connectivity index (χ2v) is 12.1. The van der Waals surface area contributed by atoms with Crippen LogP contribution in [0.2, 0.25) is 0 Å². The second kappa shape index (κ2) is 9.74. The maximum atomic E-state index is 13.5. The fraction of sp³-hybridized carbons (Fsp3) is 0.231. The van der Waals surface area contributed by atoms with Crippen LogP contribution in [0.5, 0.6) is 0 Å². The van der Waals surface area contributed by atoms with Gasteiger partial charge in [0.15, 0.2) is 4.90 Å². The van der Waals surface area contributed by atoms with E-state index in [-0.39, 0.29) is 15.7 Å². The third-order valence-electron chi connectivity index (χ3n) is 5.80. The molecule has 1 unspecified atom stereocenters. The first-order valence-electron chi connectivity index (χ1n) is 11.2. The van der Waals surface area contributed by atoms with E-state index in [4.69, 9.17) is 0 Å². The average molecular weight is 498 g/mol. The van der Waals surface area contributed by atoms with Gasteiger partial charge in [0, 0.05) is 18.1 Å². The van der Waals surface area contributed by atoms with Crippen LogP contribution in [0.4, 0.5) is 0 Å². The second-order valence-electron chi connectivity index (χ2n) is 8.51. The number of hydrogen-bond donors (Lipinski definition) is 1. The molecule has 0 bridgehead atoms. The van der Waals surface area contributed by atoms with Crippen LogP contribution < -0.4 is 4.72 Å². The summed E-state index contributed by atoms with van der Waals surface area (Å²) in [5.74, 6) is 0.0333. The summed E-state index contributed by atoms with van der Waals surface area (Å²) in [5, 5.41) is 0.500. The molecule has 0 aliphatic carbocycles. The van der Waals surface area contributed by atoms with E-state index < -0.39 is 20.0 Å². The highest BCUT2D eigenvalue weighted by Gasteiger charge is 2.31. The van der Waals surface area contributed by atoms with Gasteiger partial charge < -0.3 is 0 Å². The Morgan fingerprint density at radius 1 is 0.882 bits per heavy atom. The van der Waals surface area contributed by atoms with E-state index in [0.717, 1.165) is 21.5 Å². The minimum Gasteiger partial charge on any atom is -0.240 e. The average Bonchev–Trinajstić information content (AvgIpc) is 3.25. The summed E-state index contributed by atoms with van der Waals surface area (Å²) in [6.07, 6.45) is 2.73. The Bertz CT molecular complexity index is 1490. The molecule has 1 aromatic heterocycles. The van der Waals surface area contributed by atoms with Crippen molar-refractivity contribution >= 4 is 30.9 Å². The highest BCUT2D eigenvalue weighted by Crippen LogP contribution is 2.34. The Morgan fingerprint density at radius 3 is 2.18 bits per heavy atom. The molecule has 178 valence electrons. The van der Waals surface area contributed by atoms with Crippen molar-refractivity contribution in [2.75, 3.05) is 6.54 Å². The van der Waals surface area contributed by atoms with Crippen molar-refractivity contribution in [1.29, 1.82) is 0 Å². The fourth-order valence-corrected chi connectivity index (χ4v) is 6.85. The summed E-state index contributed by atoms with van der Waals surface area (Å²) >= 11 is 0. The van der Waals surface area contributed by atoms with Gasteiger partial charge in [-0.1, -0.05) is 74.5 Å². The predicted molar refractivity (Wildman–Crippen MR) is 136 cm³/mol. The van der Waals surface area contributed by atoms with Gasteiger partial charge in [-0.2, -0.15) is 8.93 Å². The summed E-state index contributed by atoms with van der Waals surface area (Å²) in [4.78, 5) is 0.208. The Morgan fingerprint density at radius 2 is 1.53 bits per heavy atom. The maximum Gasteiger partial charge on any atom is 0.375 e. The highest BCUT2D eigenvalue weighted by molar-refractivity contribution is 7.91. The van der Waals surface area contributed by atoms with E-state index in [1.165, 1.54) is 18.3 Å². The van der Waals surface area contributed by atoms with Crippen LogP contribution in [0.15, 0.2) is 94.9 Å². The van der Waals surface area contributed by atoms with Crippen molar-refractivity contribution in [3.63, 3.8) is 0 Å². The number of aryl methyl sites for hydroxylation is 1. The Kier molecular flexibility index (Phi) is 6.93. The highest BCUT2D eigenvalue weighted by atomic mass is 32.2. The Balaban J connectivity index is 1.74. The van der Waals surface area contributed by atoms with E-state index in [1.54, 1.807) is 30.3 Å². The normalized spacial score (nSPS) is 13.9. The van der Waals surface area contributed by atoms with E-state index in [9.17, 15) is 16.8 Å². The van der Waals surface area contributed by atoms with E-state index in [1.807, 2.05) is 50.2 Å². The Labute approximate surface area is 201 Å². The molecule has 0 aliphatic heterocycles.